The number of amides is 1. The van der Waals surface area contributed by atoms with Crippen LogP contribution < -0.4 is 10.0 Å². The van der Waals surface area contributed by atoms with E-state index in [2.05, 4.69) is 15.2 Å². The summed E-state index contributed by atoms with van der Waals surface area (Å²) in [5.74, 6) is 0.441. The maximum Gasteiger partial charge on any atom is 0.271 e. The predicted octanol–water partition coefficient (Wildman–Crippen LogP) is 5.33. The van der Waals surface area contributed by atoms with E-state index in [1.807, 2.05) is 0 Å². The number of aryl methyl sites for hydroxylation is 2. The maximum absolute atomic E-state index is 12.8. The van der Waals surface area contributed by atoms with Crippen LogP contribution >= 0.6 is 22.9 Å². The van der Waals surface area contributed by atoms with Gasteiger partial charge >= 0.3 is 0 Å². The van der Waals surface area contributed by atoms with Crippen LogP contribution in [0.2, 0.25) is 5.02 Å². The molecule has 4 rings (SSSR count). The van der Waals surface area contributed by atoms with Crippen molar-refractivity contribution in [1.82, 2.24) is 5.16 Å². The fourth-order valence-corrected chi connectivity index (χ4v) is 5.37. The number of halogens is 1. The number of carbonyl (C=O) groups is 1. The summed E-state index contributed by atoms with van der Waals surface area (Å²) >= 11 is 7.09. The van der Waals surface area contributed by atoms with Crippen LogP contribution in [0.5, 0.6) is 0 Å². The van der Waals surface area contributed by atoms with E-state index in [9.17, 15) is 13.2 Å². The van der Waals surface area contributed by atoms with Crippen LogP contribution in [0.15, 0.2) is 39.1 Å². The van der Waals surface area contributed by atoms with Gasteiger partial charge < -0.3 is 9.84 Å². The highest BCUT2D eigenvalue weighted by Gasteiger charge is 2.30. The van der Waals surface area contributed by atoms with Crippen LogP contribution in [0, 0.1) is 19.8 Å². The molecule has 0 spiro atoms. The Morgan fingerprint density at radius 1 is 1.23 bits per heavy atom. The average molecular weight is 478 g/mol. The van der Waals surface area contributed by atoms with Crippen LogP contribution in [0.4, 0.5) is 11.4 Å². The van der Waals surface area contributed by atoms with Gasteiger partial charge in [0.2, 0.25) is 5.91 Å². The van der Waals surface area contributed by atoms with Crippen molar-refractivity contribution >= 4 is 62.4 Å². The Kier molecular flexibility index (Phi) is 5.92. The number of aromatic nitrogens is 1. The molecule has 1 aromatic carbocycles. The van der Waals surface area contributed by atoms with E-state index in [0.29, 0.717) is 32.7 Å². The topological polar surface area (TPSA) is 101 Å². The van der Waals surface area contributed by atoms with E-state index in [4.69, 9.17) is 16.1 Å². The molecule has 1 aliphatic carbocycles. The van der Waals surface area contributed by atoms with Crippen LogP contribution in [0.3, 0.4) is 0 Å². The first-order valence-corrected chi connectivity index (χ1v) is 12.2. The highest BCUT2D eigenvalue weighted by Crippen LogP contribution is 2.32. The fourth-order valence-electron chi connectivity index (χ4n) is 2.85. The average Bonchev–Trinajstić information content (AvgIpc) is 3.36. The van der Waals surface area contributed by atoms with Crippen molar-refractivity contribution in [2.45, 2.75) is 30.9 Å². The van der Waals surface area contributed by atoms with Gasteiger partial charge in [-0.2, -0.15) is 0 Å². The van der Waals surface area contributed by atoms with Gasteiger partial charge in [0.05, 0.1) is 5.69 Å². The van der Waals surface area contributed by atoms with Gasteiger partial charge in [-0.3, -0.25) is 9.52 Å². The molecule has 7 nitrogen and oxygen atoms in total. The van der Waals surface area contributed by atoms with Gasteiger partial charge in [0.25, 0.3) is 10.0 Å². The molecule has 1 aliphatic rings. The zero-order valence-corrected chi connectivity index (χ0v) is 19.2. The summed E-state index contributed by atoms with van der Waals surface area (Å²) < 4.78 is 33.6. The lowest BCUT2D eigenvalue weighted by Gasteiger charge is -2.09. The number of nitrogens with zero attached hydrogens (tertiary/aromatic N) is 1. The lowest BCUT2D eigenvalue weighted by molar-refractivity contribution is -0.117. The molecule has 31 heavy (non-hydrogen) atoms. The molecule has 1 saturated carbocycles. The summed E-state index contributed by atoms with van der Waals surface area (Å²) in [6.07, 6.45) is 5.19. The summed E-state index contributed by atoms with van der Waals surface area (Å²) in [5.41, 5.74) is 2.33. The maximum atomic E-state index is 12.8. The van der Waals surface area contributed by atoms with Gasteiger partial charge in [0.15, 0.2) is 5.76 Å². The molecule has 2 N–H and O–H groups in total. The number of hydrogen-bond acceptors (Lipinski definition) is 6. The number of hydrogen-bond donors (Lipinski definition) is 2. The van der Waals surface area contributed by atoms with Crippen molar-refractivity contribution < 1.29 is 17.7 Å². The Balaban J connectivity index is 1.51. The fraction of sp³-hybridized carbons (Fsp3) is 0.238. The standard InChI is InChI=1S/C21H20ClN3O4S2/c1-12-3-6-15(22)11-17(12)25-31(27,28)19-10-8-16(30-19)7-9-18-20(13(2)24-29-18)23-21(26)14-4-5-14/h3,6-11,14,25H,4-5H2,1-2H3,(H,23,26)/b9-7+. The van der Waals surface area contributed by atoms with Crippen molar-refractivity contribution in [2.24, 2.45) is 5.92 Å². The quantitative estimate of drug-likeness (QED) is 0.479. The van der Waals surface area contributed by atoms with E-state index in [0.717, 1.165) is 29.7 Å². The Labute approximate surface area is 189 Å². The SMILES string of the molecule is Cc1ccc(Cl)cc1NS(=O)(=O)c1ccc(/C=C/c2onc(C)c2NC(=O)C2CC2)s1. The van der Waals surface area contributed by atoms with Gasteiger partial charge in [-0.05, 0) is 68.7 Å². The van der Waals surface area contributed by atoms with Gasteiger partial charge in [-0.1, -0.05) is 22.8 Å². The van der Waals surface area contributed by atoms with Crippen molar-refractivity contribution in [2.75, 3.05) is 10.0 Å². The Morgan fingerprint density at radius 2 is 2.00 bits per heavy atom. The van der Waals surface area contributed by atoms with Crippen LogP contribution in [0.25, 0.3) is 12.2 Å². The second kappa shape index (κ2) is 8.49. The Bertz CT molecular complexity index is 1270. The molecule has 10 heteroatoms. The summed E-state index contributed by atoms with van der Waals surface area (Å²) in [6.45, 7) is 3.55. The molecule has 0 bridgehead atoms. The minimum Gasteiger partial charge on any atom is -0.354 e. The normalized spacial score (nSPS) is 14.2. The molecule has 2 heterocycles. The van der Waals surface area contributed by atoms with E-state index in [1.165, 1.54) is 6.07 Å². The highest BCUT2D eigenvalue weighted by atomic mass is 35.5. The summed E-state index contributed by atoms with van der Waals surface area (Å²) in [6, 6.07) is 8.27. The first-order chi connectivity index (χ1) is 14.7. The molecule has 1 fully saturated rings. The first kappa shape index (κ1) is 21.6. The number of sulfonamides is 1. The number of benzene rings is 1. The molecular weight excluding hydrogens is 458 g/mol. The summed E-state index contributed by atoms with van der Waals surface area (Å²) in [5, 5.41) is 7.23. The molecule has 1 amide bonds. The lowest BCUT2D eigenvalue weighted by Crippen LogP contribution is -2.14. The number of anilines is 2. The van der Waals surface area contributed by atoms with Gasteiger partial charge in [-0.15, -0.1) is 11.3 Å². The molecule has 2 aromatic heterocycles. The van der Waals surface area contributed by atoms with Gasteiger partial charge in [0, 0.05) is 15.8 Å². The number of nitrogens with one attached hydrogen (secondary N) is 2. The summed E-state index contributed by atoms with van der Waals surface area (Å²) in [4.78, 5) is 12.8. The highest BCUT2D eigenvalue weighted by molar-refractivity contribution is 7.94. The third-order valence-corrected chi connectivity index (χ3v) is 7.94. The van der Waals surface area contributed by atoms with Crippen molar-refractivity contribution in [3.8, 4) is 0 Å². The largest absolute Gasteiger partial charge is 0.354 e. The Morgan fingerprint density at radius 3 is 2.74 bits per heavy atom. The van der Waals surface area contributed by atoms with Crippen LogP contribution in [0.1, 0.15) is 34.7 Å². The third kappa shape index (κ3) is 5.00. The molecule has 0 aliphatic heterocycles. The van der Waals surface area contributed by atoms with Crippen LogP contribution in [-0.4, -0.2) is 19.5 Å². The van der Waals surface area contributed by atoms with Crippen molar-refractivity contribution in [1.29, 1.82) is 0 Å². The molecule has 0 saturated heterocycles. The zero-order valence-electron chi connectivity index (χ0n) is 16.8. The smallest absolute Gasteiger partial charge is 0.271 e. The molecule has 3 aromatic rings. The molecule has 0 unspecified atom stereocenters. The molecule has 162 valence electrons. The van der Waals surface area contributed by atoms with Crippen molar-refractivity contribution in [3.05, 3.63) is 57.2 Å². The predicted molar refractivity (Wildman–Crippen MR) is 123 cm³/mol. The minimum absolute atomic E-state index is 0.0344. The zero-order chi connectivity index (χ0) is 22.2. The first-order valence-electron chi connectivity index (χ1n) is 9.57. The third-order valence-electron chi connectivity index (χ3n) is 4.80. The molecule has 0 atom stereocenters. The monoisotopic (exact) mass is 477 g/mol. The lowest BCUT2D eigenvalue weighted by atomic mass is 10.2. The van der Waals surface area contributed by atoms with E-state index >= 15 is 0 Å². The van der Waals surface area contributed by atoms with Gasteiger partial charge in [0.1, 0.15) is 15.6 Å². The molecular formula is C21H20ClN3O4S2. The van der Waals surface area contributed by atoms with E-state index in [1.54, 1.807) is 50.3 Å². The molecule has 0 radical (unpaired) electrons. The number of rotatable bonds is 7. The second-order valence-electron chi connectivity index (χ2n) is 7.33. The number of carbonyl (C=O) groups excluding carboxylic acids is 1. The number of thiophene rings is 1. The Hall–Kier alpha value is -2.62. The minimum atomic E-state index is -3.75. The second-order valence-corrected chi connectivity index (χ2v) is 10.8. The van der Waals surface area contributed by atoms with Crippen LogP contribution in [-0.2, 0) is 14.8 Å². The van der Waals surface area contributed by atoms with Crippen molar-refractivity contribution in [3.63, 3.8) is 0 Å². The van der Waals surface area contributed by atoms with Gasteiger partial charge in [-0.25, -0.2) is 8.42 Å². The summed E-state index contributed by atoms with van der Waals surface area (Å²) in [7, 11) is -3.75. The van der Waals surface area contributed by atoms with E-state index < -0.39 is 10.0 Å². The van der Waals surface area contributed by atoms with E-state index in [-0.39, 0.29) is 16.0 Å².